The van der Waals surface area contributed by atoms with Crippen LogP contribution in [0.1, 0.15) is 12.0 Å². The number of methoxy groups -OCH3 is 1. The van der Waals surface area contributed by atoms with Crippen LogP contribution < -0.4 is 4.90 Å². The van der Waals surface area contributed by atoms with Crippen molar-refractivity contribution in [2.24, 2.45) is 0 Å². The zero-order chi connectivity index (χ0) is 47.5. The zero-order valence-electron chi connectivity index (χ0n) is 39.1. The highest BCUT2D eigenvalue weighted by molar-refractivity contribution is 7.99. The Hall–Kier alpha value is -2.87. The second-order valence-electron chi connectivity index (χ2n) is 14.9. The molecular formula is C46H72F3N3O14S. The summed E-state index contributed by atoms with van der Waals surface area (Å²) in [4.78, 5) is 20.4. The second-order valence-corrected chi connectivity index (χ2v) is 16.0. The summed E-state index contributed by atoms with van der Waals surface area (Å²) in [6.07, 6.45) is -4.04. The highest BCUT2D eigenvalue weighted by Crippen LogP contribution is 2.49. The Morgan fingerprint density at radius 2 is 0.910 bits per heavy atom. The lowest BCUT2D eigenvalue weighted by Crippen LogP contribution is -2.49. The topological polar surface area (TPSA) is 147 Å². The molecule has 0 unspecified atom stereocenters. The molecule has 21 heteroatoms. The summed E-state index contributed by atoms with van der Waals surface area (Å²) in [5.74, 6) is 0. The largest absolute Gasteiger partial charge is 0.447 e. The lowest BCUT2D eigenvalue weighted by atomic mass is 10.1. The Labute approximate surface area is 397 Å². The third kappa shape index (κ3) is 25.0. The van der Waals surface area contributed by atoms with E-state index in [1.54, 1.807) is 18.1 Å². The van der Waals surface area contributed by atoms with E-state index >= 15 is 0 Å². The molecule has 1 amide bonds. The summed E-state index contributed by atoms with van der Waals surface area (Å²) in [6, 6.07) is 11.8. The number of carbonyl (C=O) groups is 1. The lowest BCUT2D eigenvalue weighted by molar-refractivity contribution is -0.137. The number of hydrogen-bond donors (Lipinski definition) is 0. The molecule has 17 nitrogen and oxygen atoms in total. The molecule has 0 N–H and O–H groups in total. The van der Waals surface area contributed by atoms with Gasteiger partial charge in [-0.15, -0.1) is 0 Å². The minimum atomic E-state index is -4.41. The highest BCUT2D eigenvalue weighted by atomic mass is 32.2. The lowest BCUT2D eigenvalue weighted by Gasteiger charge is -2.36. The van der Waals surface area contributed by atoms with Crippen molar-refractivity contribution in [2.75, 3.05) is 210 Å². The molecule has 4 rings (SSSR count). The molecule has 382 valence electrons. The summed E-state index contributed by atoms with van der Waals surface area (Å²) >= 11 is 1.49. The number of alkyl halides is 3. The monoisotopic (exact) mass is 979 g/mol. The first kappa shape index (κ1) is 56.7. The van der Waals surface area contributed by atoms with Crippen LogP contribution in [-0.2, 0) is 67.8 Å². The fourth-order valence-electron chi connectivity index (χ4n) is 6.58. The number of fused-ring (bicyclic) bond motifs is 2. The number of hydrogen-bond acceptors (Lipinski definition) is 17. The van der Waals surface area contributed by atoms with Gasteiger partial charge in [0.2, 0.25) is 0 Å². The van der Waals surface area contributed by atoms with E-state index in [1.807, 2.05) is 29.2 Å². The minimum Gasteiger partial charge on any atom is -0.447 e. The molecule has 2 aliphatic rings. The van der Waals surface area contributed by atoms with Crippen LogP contribution in [0.25, 0.3) is 0 Å². The minimum absolute atomic E-state index is 0.144. The van der Waals surface area contributed by atoms with Gasteiger partial charge < -0.3 is 71.4 Å². The van der Waals surface area contributed by atoms with Crippen molar-refractivity contribution in [3.8, 4) is 0 Å². The molecule has 67 heavy (non-hydrogen) atoms. The predicted molar refractivity (Wildman–Crippen MR) is 244 cm³/mol. The summed E-state index contributed by atoms with van der Waals surface area (Å²) in [6.45, 7) is 14.8. The Kier molecular flexibility index (Phi) is 30.6. The summed E-state index contributed by atoms with van der Waals surface area (Å²) in [5, 5.41) is 0. The molecule has 0 saturated carbocycles. The number of nitrogens with zero attached hydrogens (tertiary/aromatic N) is 3. The van der Waals surface area contributed by atoms with Crippen LogP contribution >= 0.6 is 11.8 Å². The van der Waals surface area contributed by atoms with E-state index in [9.17, 15) is 18.0 Å². The van der Waals surface area contributed by atoms with Crippen LogP contribution in [0, 0.1) is 0 Å². The van der Waals surface area contributed by atoms with Crippen molar-refractivity contribution in [1.82, 2.24) is 9.80 Å². The molecule has 2 aromatic carbocycles. The van der Waals surface area contributed by atoms with Crippen molar-refractivity contribution in [2.45, 2.75) is 22.4 Å². The first-order valence-corrected chi connectivity index (χ1v) is 23.9. The highest BCUT2D eigenvalue weighted by Gasteiger charge is 2.33. The molecule has 1 fully saturated rings. The quantitative estimate of drug-likeness (QED) is 0.0798. The van der Waals surface area contributed by atoms with Crippen LogP contribution in [0.15, 0.2) is 52.3 Å². The third-order valence-corrected chi connectivity index (χ3v) is 11.2. The van der Waals surface area contributed by atoms with E-state index in [0.717, 1.165) is 34.5 Å². The predicted octanol–water partition coefficient (Wildman–Crippen LogP) is 5.28. The Balaban J connectivity index is 0.838. The molecule has 0 aliphatic carbocycles. The van der Waals surface area contributed by atoms with Gasteiger partial charge in [-0.2, -0.15) is 13.2 Å². The van der Waals surface area contributed by atoms with Crippen molar-refractivity contribution in [1.29, 1.82) is 0 Å². The molecule has 1 saturated heterocycles. The second kappa shape index (κ2) is 36.1. The van der Waals surface area contributed by atoms with Crippen LogP contribution in [0.2, 0.25) is 0 Å². The van der Waals surface area contributed by atoms with E-state index in [-0.39, 0.29) is 19.3 Å². The molecular weight excluding hydrogens is 908 g/mol. The maximum Gasteiger partial charge on any atom is 0.416 e. The maximum atomic E-state index is 13.6. The average molecular weight is 980 g/mol. The Morgan fingerprint density at radius 3 is 1.34 bits per heavy atom. The van der Waals surface area contributed by atoms with Gasteiger partial charge in [-0.1, -0.05) is 23.9 Å². The molecule has 0 bridgehead atoms. The van der Waals surface area contributed by atoms with Gasteiger partial charge >= 0.3 is 12.3 Å². The van der Waals surface area contributed by atoms with Gasteiger partial charge in [0.05, 0.1) is 169 Å². The number of piperazine rings is 1. The molecule has 2 aliphatic heterocycles. The first-order valence-electron chi connectivity index (χ1n) is 23.1. The molecule has 2 heterocycles. The van der Waals surface area contributed by atoms with Crippen molar-refractivity contribution in [3.63, 3.8) is 0 Å². The SMILES string of the molecule is COCCOCCOCCOCCOCCOCCOCCOCCOCCOCCOCCOCCOC(=O)N1CCN(CCCN2c3ccccc3Sc3ccc(C(F)(F)F)cc32)CC1. The number of carbonyl (C=O) groups excluding carboxylic acids is 1. The zero-order valence-corrected chi connectivity index (χ0v) is 39.9. The molecule has 2 aromatic rings. The number of anilines is 2. The normalized spacial score (nSPS) is 14.1. The van der Waals surface area contributed by atoms with Crippen molar-refractivity contribution >= 4 is 29.2 Å². The van der Waals surface area contributed by atoms with E-state index < -0.39 is 11.7 Å². The molecule has 0 spiro atoms. The smallest absolute Gasteiger partial charge is 0.416 e. The van der Waals surface area contributed by atoms with Crippen molar-refractivity contribution in [3.05, 3.63) is 48.0 Å². The van der Waals surface area contributed by atoms with Gasteiger partial charge in [-0.05, 0) is 43.3 Å². The standard InChI is InChI=1S/C46H72F3N3O14S/c1-54-15-16-55-17-18-56-19-20-57-21-22-58-23-24-59-25-26-60-27-28-61-29-30-62-31-32-63-33-34-64-35-36-65-37-38-66-45(53)51-13-11-50(12-14-51)9-4-10-52-41-5-2-3-6-43(41)67-44-8-7-40(39-42(44)52)46(47,48)49/h2-3,5-8,39H,4,9-38H2,1H3. The van der Waals surface area contributed by atoms with Gasteiger partial charge in [-0.3, -0.25) is 4.90 Å². The van der Waals surface area contributed by atoms with E-state index in [4.69, 9.17) is 61.6 Å². The first-order chi connectivity index (χ1) is 32.9. The van der Waals surface area contributed by atoms with Crippen LogP contribution in [0.5, 0.6) is 0 Å². The number of ether oxygens (including phenoxy) is 13. The summed E-state index contributed by atoms with van der Waals surface area (Å²) in [5.41, 5.74) is 0.841. The van der Waals surface area contributed by atoms with Crippen LogP contribution in [0.3, 0.4) is 0 Å². The van der Waals surface area contributed by atoms with E-state index in [0.29, 0.717) is 184 Å². The van der Waals surface area contributed by atoms with Crippen LogP contribution in [0.4, 0.5) is 29.3 Å². The number of rotatable bonds is 40. The van der Waals surface area contributed by atoms with Gasteiger partial charge in [-0.25, -0.2) is 4.79 Å². The van der Waals surface area contributed by atoms with Crippen LogP contribution in [-0.4, -0.2) is 221 Å². The Morgan fingerprint density at radius 1 is 0.507 bits per heavy atom. The van der Waals surface area contributed by atoms with Crippen molar-refractivity contribution < 1.29 is 79.5 Å². The third-order valence-electron chi connectivity index (χ3n) is 10.0. The Bertz CT molecular complexity index is 1570. The fourth-order valence-corrected chi connectivity index (χ4v) is 7.65. The van der Waals surface area contributed by atoms with E-state index in [1.165, 1.54) is 17.8 Å². The fraction of sp³-hybridized carbons (Fsp3) is 0.717. The number of para-hydroxylation sites is 1. The molecule has 0 radical (unpaired) electrons. The average Bonchev–Trinajstić information content (AvgIpc) is 3.33. The number of amides is 1. The summed E-state index contributed by atoms with van der Waals surface area (Å²) in [7, 11) is 1.64. The molecule has 0 atom stereocenters. The van der Waals surface area contributed by atoms with Gasteiger partial charge in [0.25, 0.3) is 0 Å². The number of halogens is 3. The van der Waals surface area contributed by atoms with Gasteiger partial charge in [0, 0.05) is 49.6 Å². The molecule has 0 aromatic heterocycles. The number of benzene rings is 2. The van der Waals surface area contributed by atoms with Gasteiger partial charge in [0.15, 0.2) is 0 Å². The maximum absolute atomic E-state index is 13.6. The van der Waals surface area contributed by atoms with E-state index in [2.05, 4.69) is 4.90 Å². The summed E-state index contributed by atoms with van der Waals surface area (Å²) < 4.78 is 111. The van der Waals surface area contributed by atoms with Gasteiger partial charge in [0.1, 0.15) is 6.61 Å².